The summed E-state index contributed by atoms with van der Waals surface area (Å²) in [5.41, 5.74) is 0.342. The molecule has 0 radical (unpaired) electrons. The van der Waals surface area contributed by atoms with Gasteiger partial charge in [0, 0.05) is 6.04 Å². The minimum atomic E-state index is -1.05. The minimum Gasteiger partial charge on any atom is -0.476 e. The molecular weight excluding hydrogens is 230 g/mol. The Morgan fingerprint density at radius 2 is 2.22 bits per heavy atom. The number of nitrogens with zero attached hydrogens (tertiary/aromatic N) is 2. The van der Waals surface area contributed by atoms with Crippen molar-refractivity contribution in [2.45, 2.75) is 45.6 Å². The van der Waals surface area contributed by atoms with Crippen LogP contribution in [0.5, 0.6) is 0 Å². The maximum absolute atomic E-state index is 10.7. The summed E-state index contributed by atoms with van der Waals surface area (Å²) < 4.78 is 0. The van der Waals surface area contributed by atoms with Crippen LogP contribution in [0, 0.1) is 5.41 Å². The molecule has 0 aromatic carbocycles. The number of aromatic nitrogens is 2. The molecule has 1 fully saturated rings. The molecule has 5 nitrogen and oxygen atoms in total. The van der Waals surface area contributed by atoms with Gasteiger partial charge < -0.3 is 10.4 Å². The fourth-order valence-corrected chi connectivity index (χ4v) is 2.55. The first kappa shape index (κ1) is 12.8. The number of carbonyl (C=O) groups is 1. The van der Waals surface area contributed by atoms with Crippen LogP contribution >= 0.6 is 0 Å². The molecule has 1 aliphatic carbocycles. The molecule has 2 rings (SSSR count). The zero-order chi connectivity index (χ0) is 13.2. The van der Waals surface area contributed by atoms with E-state index in [0.29, 0.717) is 17.3 Å². The Hall–Kier alpha value is -1.65. The van der Waals surface area contributed by atoms with Gasteiger partial charge in [-0.15, -0.1) is 10.2 Å². The highest BCUT2D eigenvalue weighted by Gasteiger charge is 2.27. The maximum atomic E-state index is 10.7. The lowest BCUT2D eigenvalue weighted by Gasteiger charge is -2.35. The summed E-state index contributed by atoms with van der Waals surface area (Å²) in [4.78, 5) is 10.7. The predicted octanol–water partition coefficient (Wildman–Crippen LogP) is 2.56. The number of hydrogen-bond donors (Lipinski definition) is 2. The standard InChI is InChI=1S/C13H19N3O2/c1-13(2)7-3-4-9(8-13)14-11-6-5-10(12(17)18)15-16-11/h5-6,9H,3-4,7-8H2,1-2H3,(H,14,16)(H,17,18). The van der Waals surface area contributed by atoms with Crippen LogP contribution in [0.15, 0.2) is 12.1 Å². The van der Waals surface area contributed by atoms with Crippen LogP contribution in [-0.4, -0.2) is 27.3 Å². The molecule has 1 aromatic heterocycles. The van der Waals surface area contributed by atoms with Crippen molar-refractivity contribution in [1.29, 1.82) is 0 Å². The molecule has 1 aromatic rings. The molecule has 18 heavy (non-hydrogen) atoms. The van der Waals surface area contributed by atoms with Gasteiger partial charge in [-0.25, -0.2) is 4.79 Å². The van der Waals surface area contributed by atoms with Crippen molar-refractivity contribution in [1.82, 2.24) is 10.2 Å². The minimum absolute atomic E-state index is 0.0236. The second kappa shape index (κ2) is 4.92. The lowest BCUT2D eigenvalue weighted by molar-refractivity contribution is 0.0689. The molecule has 5 heteroatoms. The van der Waals surface area contributed by atoms with E-state index in [-0.39, 0.29) is 5.69 Å². The molecule has 1 unspecified atom stereocenters. The first-order valence-corrected chi connectivity index (χ1v) is 6.30. The Bertz CT molecular complexity index is 428. The van der Waals surface area contributed by atoms with Gasteiger partial charge in [0.2, 0.25) is 0 Å². The van der Waals surface area contributed by atoms with Gasteiger partial charge in [0.1, 0.15) is 5.82 Å². The first-order chi connectivity index (χ1) is 8.46. The van der Waals surface area contributed by atoms with Crippen molar-refractivity contribution >= 4 is 11.8 Å². The molecule has 0 bridgehead atoms. The van der Waals surface area contributed by atoms with E-state index in [1.807, 2.05) is 0 Å². The number of carboxylic acids is 1. The van der Waals surface area contributed by atoms with E-state index in [1.165, 1.54) is 18.9 Å². The molecule has 1 aliphatic rings. The Labute approximate surface area is 107 Å². The highest BCUT2D eigenvalue weighted by molar-refractivity contribution is 5.85. The van der Waals surface area contributed by atoms with Gasteiger partial charge in [-0.2, -0.15) is 0 Å². The molecule has 1 saturated carbocycles. The van der Waals surface area contributed by atoms with Gasteiger partial charge in [-0.05, 0) is 36.8 Å². The van der Waals surface area contributed by atoms with E-state index in [4.69, 9.17) is 5.11 Å². The van der Waals surface area contributed by atoms with E-state index in [0.717, 1.165) is 12.8 Å². The Morgan fingerprint density at radius 1 is 1.44 bits per heavy atom. The van der Waals surface area contributed by atoms with Gasteiger partial charge in [0.15, 0.2) is 5.69 Å². The predicted molar refractivity (Wildman–Crippen MR) is 68.7 cm³/mol. The molecule has 0 saturated heterocycles. The molecule has 2 N–H and O–H groups in total. The summed E-state index contributed by atoms with van der Waals surface area (Å²) in [6.07, 6.45) is 4.71. The van der Waals surface area contributed by atoms with Gasteiger partial charge in [0.05, 0.1) is 0 Å². The van der Waals surface area contributed by atoms with Gasteiger partial charge in [0.25, 0.3) is 0 Å². The van der Waals surface area contributed by atoms with Crippen molar-refractivity contribution in [3.05, 3.63) is 17.8 Å². The molecule has 1 heterocycles. The van der Waals surface area contributed by atoms with Crippen LogP contribution in [0.4, 0.5) is 5.82 Å². The monoisotopic (exact) mass is 249 g/mol. The van der Waals surface area contributed by atoms with E-state index in [1.54, 1.807) is 6.07 Å². The third kappa shape index (κ3) is 3.18. The lowest BCUT2D eigenvalue weighted by Crippen LogP contribution is -2.32. The lowest BCUT2D eigenvalue weighted by atomic mass is 9.75. The quantitative estimate of drug-likeness (QED) is 0.861. The van der Waals surface area contributed by atoms with Gasteiger partial charge >= 0.3 is 5.97 Å². The largest absolute Gasteiger partial charge is 0.476 e. The van der Waals surface area contributed by atoms with Crippen LogP contribution in [0.3, 0.4) is 0 Å². The van der Waals surface area contributed by atoms with Gasteiger partial charge in [-0.1, -0.05) is 20.3 Å². The summed E-state index contributed by atoms with van der Waals surface area (Å²) in [5, 5.41) is 19.6. The smallest absolute Gasteiger partial charge is 0.356 e. The summed E-state index contributed by atoms with van der Waals surface area (Å²) in [6.45, 7) is 4.56. The summed E-state index contributed by atoms with van der Waals surface area (Å²) in [7, 11) is 0. The van der Waals surface area contributed by atoms with E-state index >= 15 is 0 Å². The Kier molecular flexibility index (Phi) is 3.50. The number of carboxylic acid groups (broad SMARTS) is 1. The zero-order valence-electron chi connectivity index (χ0n) is 10.8. The highest BCUT2D eigenvalue weighted by atomic mass is 16.4. The molecule has 0 aliphatic heterocycles. The Balaban J connectivity index is 1.99. The highest BCUT2D eigenvalue weighted by Crippen LogP contribution is 2.36. The number of rotatable bonds is 3. The van der Waals surface area contributed by atoms with Gasteiger partial charge in [-0.3, -0.25) is 0 Å². The number of nitrogens with one attached hydrogen (secondary N) is 1. The van der Waals surface area contributed by atoms with Crippen molar-refractivity contribution in [2.75, 3.05) is 5.32 Å². The number of hydrogen-bond acceptors (Lipinski definition) is 4. The van der Waals surface area contributed by atoms with Crippen LogP contribution in [0.1, 0.15) is 50.0 Å². The molecule has 0 amide bonds. The summed E-state index contributed by atoms with van der Waals surface area (Å²) in [6, 6.07) is 3.56. The molecule has 0 spiro atoms. The Morgan fingerprint density at radius 3 is 2.78 bits per heavy atom. The maximum Gasteiger partial charge on any atom is 0.356 e. The third-order valence-corrected chi connectivity index (χ3v) is 3.44. The summed E-state index contributed by atoms with van der Waals surface area (Å²) in [5.74, 6) is -0.393. The van der Waals surface area contributed by atoms with Crippen molar-refractivity contribution < 1.29 is 9.90 Å². The van der Waals surface area contributed by atoms with Crippen molar-refractivity contribution in [2.24, 2.45) is 5.41 Å². The SMILES string of the molecule is CC1(C)CCCC(Nc2ccc(C(=O)O)nn2)C1. The fourth-order valence-electron chi connectivity index (χ4n) is 2.55. The number of anilines is 1. The van der Waals surface area contributed by atoms with Crippen molar-refractivity contribution in [3.8, 4) is 0 Å². The molecule has 1 atom stereocenters. The molecular formula is C13H19N3O2. The average molecular weight is 249 g/mol. The van der Waals surface area contributed by atoms with E-state index in [2.05, 4.69) is 29.4 Å². The van der Waals surface area contributed by atoms with E-state index in [9.17, 15) is 4.79 Å². The second-order valence-electron chi connectivity index (χ2n) is 5.71. The second-order valence-corrected chi connectivity index (χ2v) is 5.71. The normalized spacial score (nSPS) is 22.4. The topological polar surface area (TPSA) is 75.1 Å². The molecule has 98 valence electrons. The van der Waals surface area contributed by atoms with E-state index < -0.39 is 5.97 Å². The van der Waals surface area contributed by atoms with Crippen molar-refractivity contribution in [3.63, 3.8) is 0 Å². The van der Waals surface area contributed by atoms with Crippen LogP contribution in [0.25, 0.3) is 0 Å². The average Bonchev–Trinajstić information content (AvgIpc) is 2.28. The summed E-state index contributed by atoms with van der Waals surface area (Å²) >= 11 is 0. The number of aromatic carboxylic acids is 1. The van der Waals surface area contributed by atoms with Crippen LogP contribution < -0.4 is 5.32 Å². The first-order valence-electron chi connectivity index (χ1n) is 6.30. The van der Waals surface area contributed by atoms with Crippen LogP contribution in [0.2, 0.25) is 0 Å². The fraction of sp³-hybridized carbons (Fsp3) is 0.615. The third-order valence-electron chi connectivity index (χ3n) is 3.44. The zero-order valence-corrected chi connectivity index (χ0v) is 10.8. The van der Waals surface area contributed by atoms with Crippen LogP contribution in [-0.2, 0) is 0 Å².